The van der Waals surface area contributed by atoms with Crippen molar-refractivity contribution >= 4 is 22.5 Å². The largest absolute Gasteiger partial charge is 0.242 e. The number of aromatic nitrogens is 3. The van der Waals surface area contributed by atoms with Gasteiger partial charge in [-0.1, -0.05) is 41.1 Å². The summed E-state index contributed by atoms with van der Waals surface area (Å²) in [6, 6.07) is 14.9. The van der Waals surface area contributed by atoms with E-state index in [0.29, 0.717) is 6.04 Å². The minimum atomic E-state index is 0.293. The van der Waals surface area contributed by atoms with Crippen molar-refractivity contribution in [3.63, 3.8) is 0 Å². The molecular weight excluding hydrogens is 298 g/mol. The van der Waals surface area contributed by atoms with Crippen LogP contribution in [0.25, 0.3) is 11.0 Å². The van der Waals surface area contributed by atoms with Crippen LogP contribution in [0.1, 0.15) is 43.0 Å². The van der Waals surface area contributed by atoms with Gasteiger partial charge in [0.2, 0.25) is 0 Å². The molecule has 4 rings (SSSR count). The molecule has 2 heterocycles. The Hall–Kier alpha value is -2.82. The SMILES string of the molecule is Cc1cccc(C2=NN=C(c3ccc4c(c3)nnn4C(C)C)C2)c1. The number of aryl methyl sites for hydroxylation is 1. The van der Waals surface area contributed by atoms with Crippen molar-refractivity contribution < 1.29 is 0 Å². The summed E-state index contributed by atoms with van der Waals surface area (Å²) < 4.78 is 1.93. The smallest absolute Gasteiger partial charge is 0.113 e. The van der Waals surface area contributed by atoms with Crippen molar-refractivity contribution in [2.24, 2.45) is 10.2 Å². The second-order valence-corrected chi connectivity index (χ2v) is 6.47. The summed E-state index contributed by atoms with van der Waals surface area (Å²) in [4.78, 5) is 0. The highest BCUT2D eigenvalue weighted by atomic mass is 15.4. The lowest BCUT2D eigenvalue weighted by molar-refractivity contribution is 0.530. The molecule has 0 atom stereocenters. The Bertz CT molecular complexity index is 978. The van der Waals surface area contributed by atoms with Crippen molar-refractivity contribution in [1.29, 1.82) is 0 Å². The average molecular weight is 317 g/mol. The molecule has 0 amide bonds. The topological polar surface area (TPSA) is 55.4 Å². The van der Waals surface area contributed by atoms with E-state index in [2.05, 4.69) is 83.8 Å². The predicted octanol–water partition coefficient (Wildman–Crippen LogP) is 3.92. The van der Waals surface area contributed by atoms with Gasteiger partial charge in [-0.25, -0.2) is 4.68 Å². The Morgan fingerprint density at radius 3 is 2.42 bits per heavy atom. The summed E-state index contributed by atoms with van der Waals surface area (Å²) in [5.41, 5.74) is 7.37. The maximum absolute atomic E-state index is 4.39. The highest BCUT2D eigenvalue weighted by Gasteiger charge is 2.17. The molecule has 1 aromatic heterocycles. The molecule has 2 aromatic carbocycles. The van der Waals surface area contributed by atoms with Crippen molar-refractivity contribution in [3.05, 3.63) is 59.2 Å². The summed E-state index contributed by atoms with van der Waals surface area (Å²) in [6.07, 6.45) is 0.743. The molecule has 0 unspecified atom stereocenters. The normalized spacial score (nSPS) is 14.3. The number of hydrogen-bond donors (Lipinski definition) is 0. The van der Waals surface area contributed by atoms with Gasteiger partial charge >= 0.3 is 0 Å². The summed E-state index contributed by atoms with van der Waals surface area (Å²) in [6.45, 7) is 6.29. The minimum Gasteiger partial charge on any atom is -0.242 e. The molecule has 0 fully saturated rings. The maximum Gasteiger partial charge on any atom is 0.113 e. The summed E-state index contributed by atoms with van der Waals surface area (Å²) in [7, 11) is 0. The molecule has 5 nitrogen and oxygen atoms in total. The van der Waals surface area contributed by atoms with Gasteiger partial charge in [0.05, 0.1) is 16.9 Å². The summed E-state index contributed by atoms with van der Waals surface area (Å²) in [5, 5.41) is 17.3. The van der Waals surface area contributed by atoms with Crippen molar-refractivity contribution in [3.8, 4) is 0 Å². The third kappa shape index (κ3) is 2.52. The lowest BCUT2D eigenvalue weighted by atomic mass is 9.99. The van der Waals surface area contributed by atoms with E-state index in [4.69, 9.17) is 0 Å². The number of rotatable bonds is 3. The van der Waals surface area contributed by atoms with E-state index in [1.54, 1.807) is 0 Å². The average Bonchev–Trinajstić information content (AvgIpc) is 3.21. The van der Waals surface area contributed by atoms with Gasteiger partial charge in [-0.15, -0.1) is 5.10 Å². The highest BCUT2D eigenvalue weighted by molar-refractivity contribution is 6.20. The zero-order valence-corrected chi connectivity index (χ0v) is 14.1. The van der Waals surface area contributed by atoms with Gasteiger partial charge in [-0.3, -0.25) is 0 Å². The first-order chi connectivity index (χ1) is 11.6. The number of nitrogens with zero attached hydrogens (tertiary/aromatic N) is 5. The molecule has 1 aliphatic heterocycles. The van der Waals surface area contributed by atoms with E-state index in [0.717, 1.165) is 40.0 Å². The van der Waals surface area contributed by atoms with Gasteiger partial charge in [0, 0.05) is 18.0 Å². The Kier molecular flexibility index (Phi) is 3.49. The van der Waals surface area contributed by atoms with Crippen LogP contribution < -0.4 is 0 Å². The van der Waals surface area contributed by atoms with Crippen LogP contribution in [0.3, 0.4) is 0 Å². The minimum absolute atomic E-state index is 0.293. The second-order valence-electron chi connectivity index (χ2n) is 6.47. The summed E-state index contributed by atoms with van der Waals surface area (Å²) in [5.74, 6) is 0. The van der Waals surface area contributed by atoms with E-state index in [1.807, 2.05) is 4.68 Å². The molecule has 5 heteroatoms. The van der Waals surface area contributed by atoms with E-state index >= 15 is 0 Å². The molecule has 0 radical (unpaired) electrons. The van der Waals surface area contributed by atoms with Gasteiger partial charge in [-0.2, -0.15) is 10.2 Å². The maximum atomic E-state index is 4.39. The number of hydrogen-bond acceptors (Lipinski definition) is 4. The Balaban J connectivity index is 1.61. The standard InChI is InChI=1S/C19H19N5/c1-12(2)24-19-8-7-15(10-18(19)22-23-24)17-11-16(20-21-17)14-6-4-5-13(3)9-14/h4-10,12H,11H2,1-3H3. The predicted molar refractivity (Wildman–Crippen MR) is 96.8 cm³/mol. The van der Waals surface area contributed by atoms with Gasteiger partial charge in [0.15, 0.2) is 0 Å². The number of benzene rings is 2. The van der Waals surface area contributed by atoms with Crippen LogP contribution in [0.5, 0.6) is 0 Å². The van der Waals surface area contributed by atoms with Gasteiger partial charge in [-0.05, 0) is 38.5 Å². The van der Waals surface area contributed by atoms with Crippen LogP contribution in [-0.4, -0.2) is 26.4 Å². The summed E-state index contributed by atoms with van der Waals surface area (Å²) >= 11 is 0. The Morgan fingerprint density at radius 1 is 0.958 bits per heavy atom. The quantitative estimate of drug-likeness (QED) is 0.735. The second kappa shape index (κ2) is 5.67. The zero-order valence-electron chi connectivity index (χ0n) is 14.1. The number of fused-ring (bicyclic) bond motifs is 1. The highest BCUT2D eigenvalue weighted by Crippen LogP contribution is 2.21. The van der Waals surface area contributed by atoms with Crippen LogP contribution in [0, 0.1) is 6.92 Å². The van der Waals surface area contributed by atoms with Crippen molar-refractivity contribution in [1.82, 2.24) is 15.0 Å². The molecule has 0 bridgehead atoms. The van der Waals surface area contributed by atoms with Gasteiger partial charge in [0.25, 0.3) is 0 Å². The Labute approximate surface area is 140 Å². The third-order valence-electron chi connectivity index (χ3n) is 4.27. The third-order valence-corrected chi connectivity index (χ3v) is 4.27. The molecule has 0 saturated carbocycles. The van der Waals surface area contributed by atoms with Crippen molar-refractivity contribution in [2.45, 2.75) is 33.2 Å². The molecule has 1 aliphatic rings. The molecule has 0 aliphatic carbocycles. The van der Waals surface area contributed by atoms with Crippen LogP contribution in [0.15, 0.2) is 52.7 Å². The first-order valence-corrected chi connectivity index (χ1v) is 8.17. The lowest BCUT2D eigenvalue weighted by Crippen LogP contribution is -2.06. The molecule has 0 N–H and O–H groups in total. The van der Waals surface area contributed by atoms with E-state index < -0.39 is 0 Å². The van der Waals surface area contributed by atoms with Gasteiger partial charge in [0.1, 0.15) is 5.52 Å². The first-order valence-electron chi connectivity index (χ1n) is 8.17. The molecule has 3 aromatic rings. The fraction of sp³-hybridized carbons (Fsp3) is 0.263. The zero-order chi connectivity index (χ0) is 16.7. The van der Waals surface area contributed by atoms with E-state index in [9.17, 15) is 0 Å². The lowest BCUT2D eigenvalue weighted by Gasteiger charge is -2.06. The fourth-order valence-corrected chi connectivity index (χ4v) is 3.00. The molecule has 24 heavy (non-hydrogen) atoms. The molecular formula is C19H19N5. The fourth-order valence-electron chi connectivity index (χ4n) is 3.00. The van der Waals surface area contributed by atoms with Crippen LogP contribution in [0.4, 0.5) is 0 Å². The van der Waals surface area contributed by atoms with Crippen LogP contribution in [-0.2, 0) is 0 Å². The van der Waals surface area contributed by atoms with Crippen LogP contribution >= 0.6 is 0 Å². The van der Waals surface area contributed by atoms with E-state index in [1.165, 1.54) is 5.56 Å². The monoisotopic (exact) mass is 317 g/mol. The Morgan fingerprint density at radius 2 is 1.71 bits per heavy atom. The first kappa shape index (κ1) is 14.8. The van der Waals surface area contributed by atoms with Crippen molar-refractivity contribution in [2.75, 3.05) is 0 Å². The molecule has 120 valence electrons. The van der Waals surface area contributed by atoms with Gasteiger partial charge < -0.3 is 0 Å². The molecule has 0 saturated heterocycles. The van der Waals surface area contributed by atoms with E-state index in [-0.39, 0.29) is 0 Å². The molecule has 0 spiro atoms. The van der Waals surface area contributed by atoms with Crippen LogP contribution in [0.2, 0.25) is 0 Å².